The van der Waals surface area contributed by atoms with Gasteiger partial charge in [0.05, 0.1) is 18.0 Å². The molecule has 0 atom stereocenters. The molecule has 10 rings (SSSR count). The van der Waals surface area contributed by atoms with Crippen molar-refractivity contribution in [1.29, 1.82) is 0 Å². The van der Waals surface area contributed by atoms with Crippen molar-refractivity contribution in [3.05, 3.63) is 198 Å². The molecule has 8 aromatic carbocycles. The van der Waals surface area contributed by atoms with Gasteiger partial charge < -0.3 is 0 Å². The lowest BCUT2D eigenvalue weighted by Gasteiger charge is -2.22. The highest BCUT2D eigenvalue weighted by Gasteiger charge is 2.38. The fourth-order valence-electron chi connectivity index (χ4n) is 8.39. The first-order valence-electron chi connectivity index (χ1n) is 18.7. The maximum atomic E-state index is 7.95. The molecule has 0 saturated carbocycles. The number of hydrogen-bond acceptors (Lipinski definition) is 2. The van der Waals surface area contributed by atoms with Gasteiger partial charge in [0.15, 0.2) is 11.5 Å². The van der Waals surface area contributed by atoms with E-state index in [0.717, 1.165) is 55.9 Å². The van der Waals surface area contributed by atoms with Crippen LogP contribution in [0.3, 0.4) is 0 Å². The van der Waals surface area contributed by atoms with E-state index >= 15 is 0 Å². The van der Waals surface area contributed by atoms with Crippen LogP contribution >= 0.6 is 0 Å². The Hall–Kier alpha value is -7.15. The number of nitrogens with zero attached hydrogens (tertiary/aromatic N) is 3. The molecule has 0 amide bonds. The highest BCUT2D eigenvalue weighted by molar-refractivity contribution is 5.98. The molecule has 0 N–H and O–H groups in total. The number of aromatic nitrogens is 2. The van der Waals surface area contributed by atoms with Crippen LogP contribution in [0.2, 0.25) is 0 Å². The zero-order valence-electron chi connectivity index (χ0n) is 30.6. The Morgan fingerprint density at radius 3 is 1.58 bits per heavy atom. The minimum absolute atomic E-state index is 0.177. The van der Waals surface area contributed by atoms with Crippen LogP contribution in [0.4, 0.5) is 5.69 Å². The largest absolute Gasteiger partial charge is 0.238 e. The average Bonchev–Trinajstić information content (AvgIpc) is 3.49. The molecular formula is C52H35N3. The summed E-state index contributed by atoms with van der Waals surface area (Å²) in [5.41, 5.74) is 14.6. The van der Waals surface area contributed by atoms with E-state index in [1.165, 1.54) is 38.2 Å². The average molecular weight is 702 g/mol. The van der Waals surface area contributed by atoms with Gasteiger partial charge in [-0.15, -0.1) is 0 Å². The molecule has 0 spiro atoms. The summed E-state index contributed by atoms with van der Waals surface area (Å²) in [5, 5.41) is 4.76. The minimum atomic E-state index is -0.177. The van der Waals surface area contributed by atoms with Crippen LogP contribution in [-0.4, -0.2) is 9.97 Å². The molecule has 1 aliphatic carbocycles. The lowest BCUT2D eigenvalue weighted by Crippen LogP contribution is -2.14. The third kappa shape index (κ3) is 5.50. The van der Waals surface area contributed by atoms with E-state index in [9.17, 15) is 0 Å². The van der Waals surface area contributed by atoms with Gasteiger partial charge in [-0.1, -0.05) is 166 Å². The lowest BCUT2D eigenvalue weighted by molar-refractivity contribution is 0.660. The molecule has 0 fully saturated rings. The zero-order valence-corrected chi connectivity index (χ0v) is 30.6. The maximum Gasteiger partial charge on any atom is 0.195 e. The van der Waals surface area contributed by atoms with Crippen molar-refractivity contribution in [2.45, 2.75) is 19.3 Å². The molecule has 0 bridgehead atoms. The van der Waals surface area contributed by atoms with Crippen molar-refractivity contribution in [2.75, 3.05) is 0 Å². The molecule has 1 aromatic heterocycles. The molecule has 0 aliphatic heterocycles. The first kappa shape index (κ1) is 32.5. The molecule has 3 heteroatoms. The van der Waals surface area contributed by atoms with E-state index in [2.05, 4.69) is 182 Å². The molecular weight excluding hydrogens is 667 g/mol. The Morgan fingerprint density at radius 1 is 0.418 bits per heavy atom. The van der Waals surface area contributed by atoms with Gasteiger partial charge in [-0.05, 0) is 90.3 Å². The normalized spacial score (nSPS) is 12.7. The summed E-state index contributed by atoms with van der Waals surface area (Å²) < 4.78 is 0. The van der Waals surface area contributed by atoms with E-state index in [1.54, 1.807) is 0 Å². The first-order chi connectivity index (χ1) is 26.9. The van der Waals surface area contributed by atoms with Gasteiger partial charge in [0, 0.05) is 22.1 Å². The summed E-state index contributed by atoms with van der Waals surface area (Å²) in [6.45, 7) is 12.5. The summed E-state index contributed by atoms with van der Waals surface area (Å²) in [6, 6.07) is 62.1. The summed E-state index contributed by atoms with van der Waals surface area (Å²) in [4.78, 5) is 14.3. The molecule has 0 saturated heterocycles. The third-order valence-electron chi connectivity index (χ3n) is 11.3. The number of hydrogen-bond donors (Lipinski definition) is 0. The molecule has 55 heavy (non-hydrogen) atoms. The predicted octanol–water partition coefficient (Wildman–Crippen LogP) is 14.0. The van der Waals surface area contributed by atoms with E-state index in [4.69, 9.17) is 16.5 Å². The quantitative estimate of drug-likeness (QED) is 0.167. The number of rotatable bonds is 5. The highest BCUT2D eigenvalue weighted by atomic mass is 14.9. The van der Waals surface area contributed by atoms with Crippen molar-refractivity contribution in [3.8, 4) is 67.3 Å². The van der Waals surface area contributed by atoms with Crippen LogP contribution < -0.4 is 0 Å². The van der Waals surface area contributed by atoms with Gasteiger partial charge in [0.1, 0.15) is 0 Å². The monoisotopic (exact) mass is 701 g/mol. The van der Waals surface area contributed by atoms with E-state index in [1.807, 2.05) is 12.1 Å². The number of benzene rings is 8. The van der Waals surface area contributed by atoms with Crippen molar-refractivity contribution in [1.82, 2.24) is 9.97 Å². The van der Waals surface area contributed by atoms with Gasteiger partial charge in [0.2, 0.25) is 0 Å². The predicted molar refractivity (Wildman–Crippen MR) is 228 cm³/mol. The Morgan fingerprint density at radius 2 is 0.945 bits per heavy atom. The van der Waals surface area contributed by atoms with Gasteiger partial charge in [-0.2, -0.15) is 0 Å². The molecule has 0 unspecified atom stereocenters. The van der Waals surface area contributed by atoms with Crippen molar-refractivity contribution < 1.29 is 0 Å². The topological polar surface area (TPSA) is 30.1 Å². The summed E-state index contributed by atoms with van der Waals surface area (Å²) in [5.74, 6) is 0.684. The fraction of sp³-hybridized carbons (Fsp3) is 0.0577. The van der Waals surface area contributed by atoms with Crippen LogP contribution in [0.1, 0.15) is 25.0 Å². The standard InChI is InChI=1S/C52H35N3/c1-52(2)44-18-9-17-43(49(44)50-45(52)19-10-20-46(50)53-3)36-25-21-35(22-26-36)39-15-8-16-42(31-39)51-54-47(40-27-23-33-11-4-6-13-37(33)29-40)32-48(55-51)41-28-24-34-12-5-7-14-38(34)30-41/h4-32H,1-2H3. The third-order valence-corrected chi connectivity index (χ3v) is 11.3. The summed E-state index contributed by atoms with van der Waals surface area (Å²) >= 11 is 0. The molecule has 9 aromatic rings. The van der Waals surface area contributed by atoms with Gasteiger partial charge in [-0.25, -0.2) is 14.8 Å². The molecule has 0 radical (unpaired) electrons. The van der Waals surface area contributed by atoms with Gasteiger partial charge >= 0.3 is 0 Å². The second-order valence-electron chi connectivity index (χ2n) is 14.9. The van der Waals surface area contributed by atoms with Gasteiger partial charge in [0.25, 0.3) is 0 Å². The van der Waals surface area contributed by atoms with Gasteiger partial charge in [-0.3, -0.25) is 0 Å². The number of fused-ring (bicyclic) bond motifs is 5. The Bertz CT molecular complexity index is 2920. The van der Waals surface area contributed by atoms with Crippen LogP contribution in [0.15, 0.2) is 176 Å². The fourth-order valence-corrected chi connectivity index (χ4v) is 8.39. The van der Waals surface area contributed by atoms with E-state index in [-0.39, 0.29) is 5.41 Å². The second-order valence-corrected chi connectivity index (χ2v) is 14.9. The SMILES string of the molecule is [C-]#[N+]c1cccc2c1-c1c(-c3ccc(-c4cccc(-c5nc(-c6ccc7ccccc7c6)cc(-c6ccc7ccccc7c6)n5)c4)cc3)cccc1C2(C)C. The summed E-state index contributed by atoms with van der Waals surface area (Å²) in [6.07, 6.45) is 0. The van der Waals surface area contributed by atoms with Crippen molar-refractivity contribution in [2.24, 2.45) is 0 Å². The zero-order chi connectivity index (χ0) is 37.1. The maximum absolute atomic E-state index is 7.95. The molecule has 258 valence electrons. The van der Waals surface area contributed by atoms with Crippen LogP contribution in [0.25, 0.3) is 93.7 Å². The Balaban J connectivity index is 1.05. The van der Waals surface area contributed by atoms with Crippen molar-refractivity contribution >= 4 is 27.2 Å². The second kappa shape index (κ2) is 12.8. The smallest absolute Gasteiger partial charge is 0.195 e. The molecule has 1 aliphatic rings. The molecule has 1 heterocycles. The first-order valence-corrected chi connectivity index (χ1v) is 18.7. The molecule has 3 nitrogen and oxygen atoms in total. The van der Waals surface area contributed by atoms with Crippen LogP contribution in [-0.2, 0) is 5.41 Å². The van der Waals surface area contributed by atoms with Crippen LogP contribution in [0, 0.1) is 6.57 Å². The van der Waals surface area contributed by atoms with E-state index in [0.29, 0.717) is 11.5 Å². The minimum Gasteiger partial charge on any atom is -0.238 e. The van der Waals surface area contributed by atoms with E-state index < -0.39 is 0 Å². The Labute approximate surface area is 321 Å². The van der Waals surface area contributed by atoms with Crippen molar-refractivity contribution in [3.63, 3.8) is 0 Å². The van der Waals surface area contributed by atoms with Crippen LogP contribution in [0.5, 0.6) is 0 Å². The Kier molecular flexibility index (Phi) is 7.54. The lowest BCUT2D eigenvalue weighted by atomic mass is 9.82. The summed E-state index contributed by atoms with van der Waals surface area (Å²) in [7, 11) is 0. The highest BCUT2D eigenvalue weighted by Crippen LogP contribution is 2.55.